The standard InChI is InChI=1S/C15H23N3O2/c1-15(2,3)14(20)18-8-6-17(7-9-18)13(19)10-12-4-5-16-11-12/h4-5,11,16H,6-10H2,1-3H3. The molecule has 1 N–H and O–H groups in total. The highest BCUT2D eigenvalue weighted by molar-refractivity contribution is 5.82. The van der Waals surface area contributed by atoms with E-state index in [1.807, 2.05) is 49.0 Å². The van der Waals surface area contributed by atoms with Gasteiger partial charge in [0, 0.05) is 44.0 Å². The first kappa shape index (κ1) is 14.6. The maximum absolute atomic E-state index is 12.2. The molecule has 0 unspecified atom stereocenters. The first-order chi connectivity index (χ1) is 9.38. The monoisotopic (exact) mass is 277 g/mol. The summed E-state index contributed by atoms with van der Waals surface area (Å²) in [6.45, 7) is 8.32. The fourth-order valence-corrected chi connectivity index (χ4v) is 2.39. The van der Waals surface area contributed by atoms with Crippen molar-refractivity contribution in [2.75, 3.05) is 26.2 Å². The van der Waals surface area contributed by atoms with Gasteiger partial charge in [0.25, 0.3) is 0 Å². The van der Waals surface area contributed by atoms with E-state index in [0.717, 1.165) is 5.56 Å². The Morgan fingerprint density at radius 1 is 1.15 bits per heavy atom. The van der Waals surface area contributed by atoms with Crippen LogP contribution in [0.1, 0.15) is 26.3 Å². The maximum atomic E-state index is 12.2. The van der Waals surface area contributed by atoms with Crippen LogP contribution >= 0.6 is 0 Å². The second kappa shape index (κ2) is 5.69. The second-order valence-corrected chi connectivity index (χ2v) is 6.32. The quantitative estimate of drug-likeness (QED) is 0.885. The lowest BCUT2D eigenvalue weighted by Gasteiger charge is -2.37. The average molecular weight is 277 g/mol. The zero-order chi connectivity index (χ0) is 14.8. The van der Waals surface area contributed by atoms with Gasteiger partial charge in [-0.15, -0.1) is 0 Å². The lowest BCUT2D eigenvalue weighted by Crippen LogP contribution is -2.53. The molecule has 20 heavy (non-hydrogen) atoms. The van der Waals surface area contributed by atoms with Crippen LogP contribution < -0.4 is 0 Å². The number of aromatic nitrogens is 1. The Hall–Kier alpha value is -1.78. The van der Waals surface area contributed by atoms with Crippen molar-refractivity contribution in [1.29, 1.82) is 0 Å². The summed E-state index contributed by atoms with van der Waals surface area (Å²) in [5.74, 6) is 0.294. The molecule has 0 aliphatic carbocycles. The fraction of sp³-hybridized carbons (Fsp3) is 0.600. The van der Waals surface area contributed by atoms with Crippen molar-refractivity contribution in [3.8, 4) is 0 Å². The van der Waals surface area contributed by atoms with Gasteiger partial charge in [-0.3, -0.25) is 9.59 Å². The van der Waals surface area contributed by atoms with Crippen LogP contribution in [0.15, 0.2) is 18.5 Å². The Morgan fingerprint density at radius 3 is 2.25 bits per heavy atom. The van der Waals surface area contributed by atoms with Crippen molar-refractivity contribution in [2.45, 2.75) is 27.2 Å². The Bertz CT molecular complexity index is 466. The van der Waals surface area contributed by atoms with Crippen LogP contribution in [0.25, 0.3) is 0 Å². The molecule has 0 spiro atoms. The van der Waals surface area contributed by atoms with E-state index < -0.39 is 0 Å². The molecule has 0 radical (unpaired) electrons. The highest BCUT2D eigenvalue weighted by Crippen LogP contribution is 2.18. The molecule has 0 atom stereocenters. The van der Waals surface area contributed by atoms with Crippen LogP contribution in [0, 0.1) is 5.41 Å². The Balaban J connectivity index is 1.85. The number of carbonyl (C=O) groups excluding carboxylic acids is 2. The van der Waals surface area contributed by atoms with Crippen LogP contribution in [0.2, 0.25) is 0 Å². The summed E-state index contributed by atoms with van der Waals surface area (Å²) in [5.41, 5.74) is 0.653. The molecular formula is C15H23N3O2. The molecule has 5 nitrogen and oxygen atoms in total. The lowest BCUT2D eigenvalue weighted by atomic mass is 9.94. The van der Waals surface area contributed by atoms with Gasteiger partial charge in [0.15, 0.2) is 0 Å². The molecule has 2 rings (SSSR count). The smallest absolute Gasteiger partial charge is 0.228 e. The van der Waals surface area contributed by atoms with Crippen LogP contribution in [0.5, 0.6) is 0 Å². The summed E-state index contributed by atoms with van der Waals surface area (Å²) in [6, 6.07) is 1.91. The van der Waals surface area contributed by atoms with Crippen LogP contribution in [0.3, 0.4) is 0 Å². The molecule has 1 saturated heterocycles. The van der Waals surface area contributed by atoms with Gasteiger partial charge in [-0.25, -0.2) is 0 Å². The number of nitrogens with one attached hydrogen (secondary N) is 1. The first-order valence-electron chi connectivity index (χ1n) is 7.07. The van der Waals surface area contributed by atoms with Gasteiger partial charge < -0.3 is 14.8 Å². The predicted octanol–water partition coefficient (Wildman–Crippen LogP) is 1.27. The van der Waals surface area contributed by atoms with Crippen molar-refractivity contribution >= 4 is 11.8 Å². The second-order valence-electron chi connectivity index (χ2n) is 6.32. The fourth-order valence-electron chi connectivity index (χ4n) is 2.39. The van der Waals surface area contributed by atoms with E-state index in [1.54, 1.807) is 0 Å². The van der Waals surface area contributed by atoms with E-state index in [1.165, 1.54) is 0 Å². The molecule has 0 aromatic carbocycles. The van der Waals surface area contributed by atoms with E-state index in [2.05, 4.69) is 4.98 Å². The van der Waals surface area contributed by atoms with E-state index in [-0.39, 0.29) is 17.2 Å². The SMILES string of the molecule is CC(C)(C)C(=O)N1CCN(C(=O)Cc2cc[nH]c2)CC1. The van der Waals surface area contributed by atoms with E-state index in [9.17, 15) is 9.59 Å². The zero-order valence-corrected chi connectivity index (χ0v) is 12.5. The number of nitrogens with zero attached hydrogens (tertiary/aromatic N) is 2. The highest BCUT2D eigenvalue weighted by Gasteiger charge is 2.30. The van der Waals surface area contributed by atoms with Gasteiger partial charge in [-0.2, -0.15) is 0 Å². The van der Waals surface area contributed by atoms with Gasteiger partial charge in [0.05, 0.1) is 6.42 Å². The summed E-state index contributed by atoms with van der Waals surface area (Å²) in [6.07, 6.45) is 4.09. The minimum Gasteiger partial charge on any atom is -0.367 e. The van der Waals surface area contributed by atoms with Crippen molar-refractivity contribution in [2.24, 2.45) is 5.41 Å². The van der Waals surface area contributed by atoms with Gasteiger partial charge >= 0.3 is 0 Å². The zero-order valence-electron chi connectivity index (χ0n) is 12.5. The Labute approximate surface area is 119 Å². The van der Waals surface area contributed by atoms with Crippen molar-refractivity contribution < 1.29 is 9.59 Å². The molecule has 0 bridgehead atoms. The van der Waals surface area contributed by atoms with Crippen LogP contribution in [0.4, 0.5) is 0 Å². The van der Waals surface area contributed by atoms with Gasteiger partial charge in [-0.05, 0) is 11.6 Å². The molecule has 2 heterocycles. The topological polar surface area (TPSA) is 56.4 Å². The Morgan fingerprint density at radius 2 is 1.75 bits per heavy atom. The molecule has 1 aromatic rings. The number of amides is 2. The summed E-state index contributed by atoms with van der Waals surface area (Å²) in [4.78, 5) is 31.0. The molecule has 5 heteroatoms. The first-order valence-corrected chi connectivity index (χ1v) is 7.07. The number of hydrogen-bond acceptors (Lipinski definition) is 2. The van der Waals surface area contributed by atoms with Gasteiger partial charge in [0.2, 0.25) is 11.8 Å². The number of hydrogen-bond donors (Lipinski definition) is 1. The van der Waals surface area contributed by atoms with Crippen LogP contribution in [-0.2, 0) is 16.0 Å². The van der Waals surface area contributed by atoms with Gasteiger partial charge in [-0.1, -0.05) is 20.8 Å². The van der Waals surface area contributed by atoms with Crippen molar-refractivity contribution in [1.82, 2.24) is 14.8 Å². The average Bonchev–Trinajstić information content (AvgIpc) is 2.90. The lowest BCUT2D eigenvalue weighted by molar-refractivity contribution is -0.144. The third-order valence-electron chi connectivity index (χ3n) is 3.58. The van der Waals surface area contributed by atoms with Crippen molar-refractivity contribution in [3.05, 3.63) is 24.0 Å². The highest BCUT2D eigenvalue weighted by atomic mass is 16.2. The summed E-state index contributed by atoms with van der Waals surface area (Å²) < 4.78 is 0. The largest absolute Gasteiger partial charge is 0.367 e. The normalized spacial score (nSPS) is 16.4. The molecule has 110 valence electrons. The molecule has 2 amide bonds. The third kappa shape index (κ3) is 3.40. The molecular weight excluding hydrogens is 254 g/mol. The molecule has 1 aromatic heterocycles. The maximum Gasteiger partial charge on any atom is 0.228 e. The molecule has 1 fully saturated rings. The van der Waals surface area contributed by atoms with Crippen molar-refractivity contribution in [3.63, 3.8) is 0 Å². The molecule has 1 aliphatic heterocycles. The molecule has 1 aliphatic rings. The number of carbonyl (C=O) groups is 2. The Kier molecular flexibility index (Phi) is 4.16. The van der Waals surface area contributed by atoms with Gasteiger partial charge in [0.1, 0.15) is 0 Å². The minimum atomic E-state index is -0.350. The van der Waals surface area contributed by atoms with E-state index in [4.69, 9.17) is 0 Å². The summed E-state index contributed by atoms with van der Waals surface area (Å²) in [7, 11) is 0. The van der Waals surface area contributed by atoms with E-state index in [0.29, 0.717) is 32.6 Å². The van der Waals surface area contributed by atoms with Crippen LogP contribution in [-0.4, -0.2) is 52.8 Å². The minimum absolute atomic E-state index is 0.132. The third-order valence-corrected chi connectivity index (χ3v) is 3.58. The number of H-pyrrole nitrogens is 1. The summed E-state index contributed by atoms with van der Waals surface area (Å²) in [5, 5.41) is 0. The summed E-state index contributed by atoms with van der Waals surface area (Å²) >= 11 is 0. The number of piperazine rings is 1. The number of aromatic amines is 1. The molecule has 0 saturated carbocycles. The predicted molar refractivity (Wildman–Crippen MR) is 77.1 cm³/mol. The van der Waals surface area contributed by atoms with E-state index >= 15 is 0 Å². The number of rotatable bonds is 2.